The van der Waals surface area contributed by atoms with Gasteiger partial charge in [-0.3, -0.25) is 20.3 Å². The largest absolute Gasteiger partial charge is 0.271 e. The maximum Gasteiger partial charge on any atom is 0.244 e. The Kier molecular flexibility index (Phi) is 5.58. The smallest absolute Gasteiger partial charge is 0.244 e. The molecule has 0 bridgehead atoms. The Labute approximate surface area is 151 Å². The fourth-order valence-electron chi connectivity index (χ4n) is 2.44. The van der Waals surface area contributed by atoms with Crippen LogP contribution in [0.15, 0.2) is 59.5 Å². The van der Waals surface area contributed by atoms with Crippen molar-refractivity contribution in [1.29, 1.82) is 5.26 Å². The Morgan fingerprint density at radius 1 is 1.35 bits per heavy atom. The van der Waals surface area contributed by atoms with Crippen molar-refractivity contribution in [1.82, 2.24) is 19.8 Å². The number of aromatic nitrogens is 2. The highest BCUT2D eigenvalue weighted by atomic mass is 32.2. The molecule has 2 aromatic rings. The van der Waals surface area contributed by atoms with Gasteiger partial charge in [0.25, 0.3) is 0 Å². The molecular formula is C17H17N5O3S. The van der Waals surface area contributed by atoms with Crippen LogP contribution in [-0.4, -0.2) is 35.8 Å². The average molecular weight is 371 g/mol. The van der Waals surface area contributed by atoms with Crippen LogP contribution in [0.2, 0.25) is 0 Å². The minimum atomic E-state index is -3.54. The van der Waals surface area contributed by atoms with Crippen molar-refractivity contribution in [2.24, 2.45) is 0 Å². The fourth-order valence-corrected chi connectivity index (χ4v) is 3.78. The van der Waals surface area contributed by atoms with Crippen LogP contribution < -0.4 is 5.48 Å². The Hall–Kier alpha value is -2.80. The molecule has 0 radical (unpaired) electrons. The van der Waals surface area contributed by atoms with Crippen LogP contribution >= 0.6 is 0 Å². The van der Waals surface area contributed by atoms with Crippen molar-refractivity contribution in [3.05, 3.63) is 65.9 Å². The molecule has 0 unspecified atom stereocenters. The lowest BCUT2D eigenvalue weighted by Crippen LogP contribution is -2.36. The second kappa shape index (κ2) is 8.05. The van der Waals surface area contributed by atoms with Gasteiger partial charge in [-0.1, -0.05) is 0 Å². The maximum absolute atomic E-state index is 12.5. The molecule has 0 fully saturated rings. The number of hydroxylamine groups is 1. The SMILES string of the molecule is N#Cc1ccnc(CONC2=CCN(S(=O)(=O)c3cccnc3)CC2)c1. The number of nitrogens with zero attached hydrogens (tertiary/aromatic N) is 4. The fraction of sp³-hybridized carbons (Fsp3) is 0.235. The Balaban J connectivity index is 1.54. The summed E-state index contributed by atoms with van der Waals surface area (Å²) in [6, 6.07) is 8.45. The van der Waals surface area contributed by atoms with E-state index in [1.165, 1.54) is 22.8 Å². The summed E-state index contributed by atoms with van der Waals surface area (Å²) >= 11 is 0. The minimum absolute atomic E-state index is 0.185. The molecule has 2 aromatic heterocycles. The lowest BCUT2D eigenvalue weighted by Gasteiger charge is -2.25. The summed E-state index contributed by atoms with van der Waals surface area (Å²) in [6.07, 6.45) is 6.72. The first-order valence-electron chi connectivity index (χ1n) is 7.91. The van der Waals surface area contributed by atoms with Crippen molar-refractivity contribution >= 4 is 10.0 Å². The van der Waals surface area contributed by atoms with Crippen molar-refractivity contribution in [2.45, 2.75) is 17.9 Å². The maximum atomic E-state index is 12.5. The first-order chi connectivity index (χ1) is 12.6. The van der Waals surface area contributed by atoms with E-state index in [4.69, 9.17) is 10.1 Å². The van der Waals surface area contributed by atoms with Gasteiger partial charge in [0.05, 0.1) is 17.3 Å². The molecule has 1 aliphatic heterocycles. The molecule has 8 nitrogen and oxygen atoms in total. The molecule has 3 rings (SSSR count). The molecule has 0 aliphatic carbocycles. The number of nitrogens with one attached hydrogen (secondary N) is 1. The number of nitriles is 1. The summed E-state index contributed by atoms with van der Waals surface area (Å²) in [4.78, 5) is 13.6. The highest BCUT2D eigenvalue weighted by molar-refractivity contribution is 7.89. The number of pyridine rings is 2. The molecular weight excluding hydrogens is 354 g/mol. The van der Waals surface area contributed by atoms with Gasteiger partial charge in [-0.05, 0) is 30.3 Å². The summed E-state index contributed by atoms with van der Waals surface area (Å²) in [6.45, 7) is 0.803. The Morgan fingerprint density at radius 3 is 2.92 bits per heavy atom. The summed E-state index contributed by atoms with van der Waals surface area (Å²) in [5.41, 5.74) is 4.78. The van der Waals surface area contributed by atoms with Crippen molar-refractivity contribution < 1.29 is 13.3 Å². The summed E-state index contributed by atoms with van der Waals surface area (Å²) in [5.74, 6) is 0. The van der Waals surface area contributed by atoms with E-state index in [1.54, 1.807) is 30.5 Å². The zero-order chi connectivity index (χ0) is 18.4. The minimum Gasteiger partial charge on any atom is -0.271 e. The number of hydrogen-bond donors (Lipinski definition) is 1. The highest BCUT2D eigenvalue weighted by Gasteiger charge is 2.26. The predicted molar refractivity (Wildman–Crippen MR) is 92.6 cm³/mol. The van der Waals surface area contributed by atoms with E-state index >= 15 is 0 Å². The third kappa shape index (κ3) is 4.23. The van der Waals surface area contributed by atoms with Crippen LogP contribution in [0.5, 0.6) is 0 Å². The van der Waals surface area contributed by atoms with Crippen molar-refractivity contribution in [3.8, 4) is 6.07 Å². The Bertz CT molecular complexity index is 938. The van der Waals surface area contributed by atoms with Gasteiger partial charge in [0.15, 0.2) is 0 Å². The van der Waals surface area contributed by atoms with Gasteiger partial charge in [0.2, 0.25) is 10.0 Å². The Morgan fingerprint density at radius 2 is 2.23 bits per heavy atom. The van der Waals surface area contributed by atoms with E-state index in [0.29, 0.717) is 24.2 Å². The van der Waals surface area contributed by atoms with Gasteiger partial charge in [-0.25, -0.2) is 8.42 Å². The molecule has 0 amide bonds. The summed E-state index contributed by atoms with van der Waals surface area (Å²) in [5, 5.41) is 8.86. The van der Waals surface area contributed by atoms with E-state index in [2.05, 4.69) is 15.4 Å². The van der Waals surface area contributed by atoms with E-state index in [9.17, 15) is 8.42 Å². The van der Waals surface area contributed by atoms with Crippen LogP contribution in [0.4, 0.5) is 0 Å². The van der Waals surface area contributed by atoms with E-state index in [-0.39, 0.29) is 18.0 Å². The molecule has 134 valence electrons. The third-order valence-electron chi connectivity index (χ3n) is 3.81. The van der Waals surface area contributed by atoms with Crippen LogP contribution in [0.25, 0.3) is 0 Å². The van der Waals surface area contributed by atoms with E-state index < -0.39 is 10.0 Å². The van der Waals surface area contributed by atoms with Crippen molar-refractivity contribution in [2.75, 3.05) is 13.1 Å². The average Bonchev–Trinajstić information content (AvgIpc) is 2.69. The van der Waals surface area contributed by atoms with Gasteiger partial charge < -0.3 is 0 Å². The van der Waals surface area contributed by atoms with Crippen molar-refractivity contribution in [3.63, 3.8) is 0 Å². The molecule has 3 heterocycles. The predicted octanol–water partition coefficient (Wildman–Crippen LogP) is 1.35. The zero-order valence-electron chi connectivity index (χ0n) is 13.9. The number of rotatable bonds is 6. The molecule has 0 saturated heterocycles. The lowest BCUT2D eigenvalue weighted by molar-refractivity contribution is 0.0433. The zero-order valence-corrected chi connectivity index (χ0v) is 14.7. The quantitative estimate of drug-likeness (QED) is 0.764. The molecule has 0 spiro atoms. The van der Waals surface area contributed by atoms with Crippen LogP contribution in [0, 0.1) is 11.3 Å². The van der Waals surface area contributed by atoms with E-state index in [1.807, 2.05) is 6.07 Å². The van der Waals surface area contributed by atoms with Crippen LogP contribution in [-0.2, 0) is 21.5 Å². The summed E-state index contributed by atoms with van der Waals surface area (Å²) < 4.78 is 26.4. The molecule has 1 aliphatic rings. The van der Waals surface area contributed by atoms with Gasteiger partial charge in [-0.15, -0.1) is 0 Å². The number of hydrogen-bond acceptors (Lipinski definition) is 7. The molecule has 0 atom stereocenters. The molecule has 0 saturated carbocycles. The second-order valence-corrected chi connectivity index (χ2v) is 7.51. The lowest BCUT2D eigenvalue weighted by atomic mass is 10.2. The van der Waals surface area contributed by atoms with Crippen LogP contribution in [0.1, 0.15) is 17.7 Å². The first kappa shape index (κ1) is 18.0. The topological polar surface area (TPSA) is 108 Å². The molecule has 26 heavy (non-hydrogen) atoms. The van der Waals surface area contributed by atoms with Gasteiger partial charge in [-0.2, -0.15) is 9.57 Å². The molecule has 0 aromatic carbocycles. The normalized spacial score (nSPS) is 15.1. The second-order valence-electron chi connectivity index (χ2n) is 5.57. The van der Waals surface area contributed by atoms with Crippen LogP contribution in [0.3, 0.4) is 0 Å². The highest BCUT2D eigenvalue weighted by Crippen LogP contribution is 2.18. The molecule has 1 N–H and O–H groups in total. The standard InChI is InChI=1S/C17H17N5O3S/c18-11-14-3-7-20-16(10-14)13-25-21-15-4-8-22(9-5-15)26(23,24)17-2-1-6-19-12-17/h1-4,6-7,10,12,21H,5,8-9,13H2. The van der Waals surface area contributed by atoms with Gasteiger partial charge in [0.1, 0.15) is 11.5 Å². The summed E-state index contributed by atoms with van der Waals surface area (Å²) in [7, 11) is -3.54. The first-order valence-corrected chi connectivity index (χ1v) is 9.35. The monoisotopic (exact) mass is 371 g/mol. The third-order valence-corrected chi connectivity index (χ3v) is 5.66. The van der Waals surface area contributed by atoms with Gasteiger partial charge in [0, 0.05) is 43.8 Å². The van der Waals surface area contributed by atoms with Gasteiger partial charge >= 0.3 is 0 Å². The van der Waals surface area contributed by atoms with E-state index in [0.717, 1.165) is 5.70 Å². The molecule has 9 heteroatoms. The number of sulfonamides is 1.